The van der Waals surface area contributed by atoms with Crippen molar-refractivity contribution in [1.29, 1.82) is 0 Å². The van der Waals surface area contributed by atoms with Crippen molar-refractivity contribution >= 4 is 11.8 Å². The van der Waals surface area contributed by atoms with Crippen LogP contribution in [0.15, 0.2) is 4.52 Å². The largest absolute Gasteiger partial charge is 0.380 e. The van der Waals surface area contributed by atoms with Crippen molar-refractivity contribution in [2.24, 2.45) is 11.3 Å². The van der Waals surface area contributed by atoms with Crippen LogP contribution >= 0.6 is 0 Å². The second kappa shape index (κ2) is 9.69. The summed E-state index contributed by atoms with van der Waals surface area (Å²) in [5.74, 6) is 1.12. The summed E-state index contributed by atoms with van der Waals surface area (Å²) < 4.78 is 15.9. The van der Waals surface area contributed by atoms with Crippen LogP contribution in [0.2, 0.25) is 0 Å². The Morgan fingerprint density at radius 1 is 1.16 bits per heavy atom. The van der Waals surface area contributed by atoms with E-state index >= 15 is 0 Å². The first-order valence-corrected chi connectivity index (χ1v) is 11.6. The van der Waals surface area contributed by atoms with Crippen molar-refractivity contribution in [3.63, 3.8) is 0 Å². The molecule has 172 valence electrons. The zero-order chi connectivity index (χ0) is 21.8. The van der Waals surface area contributed by atoms with E-state index in [0.29, 0.717) is 63.2 Å². The summed E-state index contributed by atoms with van der Waals surface area (Å²) in [5, 5.41) is 4.05. The van der Waals surface area contributed by atoms with E-state index in [1.807, 2.05) is 16.7 Å². The molecule has 8 nitrogen and oxygen atoms in total. The SMILES string of the molecule is COCc1c(C(=O)N2CC(CCC(=O)N3CCOCC3)C3(CCCCC3)C2)noc1C. The molecule has 31 heavy (non-hydrogen) atoms. The normalized spacial score (nSPS) is 23.5. The summed E-state index contributed by atoms with van der Waals surface area (Å²) in [6.45, 7) is 6.19. The van der Waals surface area contributed by atoms with Crippen LogP contribution in [-0.2, 0) is 20.9 Å². The lowest BCUT2D eigenvalue weighted by molar-refractivity contribution is -0.135. The minimum Gasteiger partial charge on any atom is -0.380 e. The molecule has 1 unspecified atom stereocenters. The van der Waals surface area contributed by atoms with E-state index in [1.165, 1.54) is 19.3 Å². The predicted molar refractivity (Wildman–Crippen MR) is 113 cm³/mol. The van der Waals surface area contributed by atoms with Crippen LogP contribution in [0.5, 0.6) is 0 Å². The van der Waals surface area contributed by atoms with E-state index in [0.717, 1.165) is 31.4 Å². The van der Waals surface area contributed by atoms with Crippen LogP contribution in [0.3, 0.4) is 0 Å². The van der Waals surface area contributed by atoms with Gasteiger partial charge >= 0.3 is 0 Å². The van der Waals surface area contributed by atoms with E-state index in [4.69, 9.17) is 14.0 Å². The van der Waals surface area contributed by atoms with E-state index in [9.17, 15) is 9.59 Å². The van der Waals surface area contributed by atoms with Gasteiger partial charge in [-0.3, -0.25) is 9.59 Å². The Labute approximate surface area is 184 Å². The number of amides is 2. The first-order valence-electron chi connectivity index (χ1n) is 11.6. The summed E-state index contributed by atoms with van der Waals surface area (Å²) in [6, 6.07) is 0. The first-order chi connectivity index (χ1) is 15.0. The van der Waals surface area contributed by atoms with Gasteiger partial charge in [0.25, 0.3) is 5.91 Å². The number of carbonyl (C=O) groups is 2. The van der Waals surface area contributed by atoms with Gasteiger partial charge in [0, 0.05) is 39.7 Å². The molecule has 1 aromatic rings. The average Bonchev–Trinajstić information content (AvgIpc) is 3.33. The topological polar surface area (TPSA) is 85.1 Å². The van der Waals surface area contributed by atoms with Crippen molar-refractivity contribution in [2.75, 3.05) is 46.5 Å². The molecule has 0 radical (unpaired) electrons. The molecule has 1 aliphatic carbocycles. The zero-order valence-electron chi connectivity index (χ0n) is 18.9. The van der Waals surface area contributed by atoms with Crippen LogP contribution in [0.25, 0.3) is 0 Å². The lowest BCUT2D eigenvalue weighted by atomic mass is 9.66. The van der Waals surface area contributed by atoms with E-state index in [2.05, 4.69) is 5.16 Å². The molecule has 0 aromatic carbocycles. The number of aromatic nitrogens is 1. The highest BCUT2D eigenvalue weighted by Crippen LogP contribution is 2.49. The molecule has 8 heteroatoms. The van der Waals surface area contributed by atoms with Crippen LogP contribution in [-0.4, -0.2) is 73.3 Å². The summed E-state index contributed by atoms with van der Waals surface area (Å²) in [4.78, 5) is 30.0. The second-order valence-electron chi connectivity index (χ2n) is 9.34. The summed E-state index contributed by atoms with van der Waals surface area (Å²) in [7, 11) is 1.61. The Morgan fingerprint density at radius 2 is 1.90 bits per heavy atom. The quantitative estimate of drug-likeness (QED) is 0.686. The molecule has 0 N–H and O–H groups in total. The van der Waals surface area contributed by atoms with Gasteiger partial charge in [-0.25, -0.2) is 0 Å². The number of carbonyl (C=O) groups excluding carboxylic acids is 2. The number of rotatable bonds is 6. The fourth-order valence-electron chi connectivity index (χ4n) is 5.70. The third-order valence-electron chi connectivity index (χ3n) is 7.50. The number of hydrogen-bond donors (Lipinski definition) is 0. The lowest BCUT2D eigenvalue weighted by Gasteiger charge is -2.38. The highest BCUT2D eigenvalue weighted by molar-refractivity contribution is 5.94. The van der Waals surface area contributed by atoms with E-state index < -0.39 is 0 Å². The number of aryl methyl sites for hydroxylation is 1. The summed E-state index contributed by atoms with van der Waals surface area (Å²) in [6.07, 6.45) is 7.32. The Bertz CT molecular complexity index is 780. The van der Waals surface area contributed by atoms with Crippen molar-refractivity contribution in [3.8, 4) is 0 Å². The average molecular weight is 434 g/mol. The highest BCUT2D eigenvalue weighted by Gasteiger charge is 2.48. The molecular formula is C23H35N3O5. The molecule has 1 aromatic heterocycles. The van der Waals surface area contributed by atoms with Gasteiger partial charge in [-0.1, -0.05) is 24.4 Å². The zero-order valence-corrected chi connectivity index (χ0v) is 18.9. The van der Waals surface area contributed by atoms with Crippen LogP contribution in [0.1, 0.15) is 66.8 Å². The van der Waals surface area contributed by atoms with Gasteiger partial charge < -0.3 is 23.8 Å². The lowest BCUT2D eigenvalue weighted by Crippen LogP contribution is -2.41. The number of hydrogen-bond acceptors (Lipinski definition) is 6. The molecule has 3 fully saturated rings. The minimum atomic E-state index is -0.0733. The fraction of sp³-hybridized carbons (Fsp3) is 0.783. The van der Waals surface area contributed by atoms with E-state index in [-0.39, 0.29) is 17.2 Å². The molecule has 2 aliphatic heterocycles. The third kappa shape index (κ3) is 4.65. The molecule has 4 rings (SSSR count). The maximum Gasteiger partial charge on any atom is 0.276 e. The highest BCUT2D eigenvalue weighted by atomic mass is 16.5. The standard InChI is InChI=1S/C23H35N3O5/c1-17-19(15-29-2)21(24-31-17)22(28)26-14-18(23(16-26)8-4-3-5-9-23)6-7-20(27)25-10-12-30-13-11-25/h18H,3-16H2,1-2H3. The Morgan fingerprint density at radius 3 is 2.61 bits per heavy atom. The maximum atomic E-state index is 13.4. The van der Waals surface area contributed by atoms with Crippen molar-refractivity contribution in [1.82, 2.24) is 15.0 Å². The van der Waals surface area contributed by atoms with Gasteiger partial charge in [-0.2, -0.15) is 0 Å². The van der Waals surface area contributed by atoms with Crippen molar-refractivity contribution in [2.45, 2.75) is 58.5 Å². The van der Waals surface area contributed by atoms with Crippen molar-refractivity contribution in [3.05, 3.63) is 17.0 Å². The number of morpholine rings is 1. The fourth-order valence-corrected chi connectivity index (χ4v) is 5.70. The molecule has 1 atom stereocenters. The molecule has 1 saturated carbocycles. The molecule has 2 saturated heterocycles. The van der Waals surface area contributed by atoms with Gasteiger partial charge in [0.2, 0.25) is 5.91 Å². The monoisotopic (exact) mass is 433 g/mol. The second-order valence-corrected chi connectivity index (χ2v) is 9.34. The van der Waals surface area contributed by atoms with Gasteiger partial charge in [-0.05, 0) is 37.5 Å². The summed E-state index contributed by atoms with van der Waals surface area (Å²) in [5.41, 5.74) is 1.23. The smallest absolute Gasteiger partial charge is 0.276 e. The molecule has 1 spiro atoms. The Hall–Kier alpha value is -1.93. The van der Waals surface area contributed by atoms with Crippen LogP contribution in [0.4, 0.5) is 0 Å². The molecular weight excluding hydrogens is 398 g/mol. The minimum absolute atomic E-state index is 0.0733. The van der Waals surface area contributed by atoms with Gasteiger partial charge in [0.1, 0.15) is 5.76 Å². The first kappa shape index (κ1) is 22.3. The summed E-state index contributed by atoms with van der Waals surface area (Å²) >= 11 is 0. The molecule has 2 amide bonds. The number of likely N-dealkylation sites (tertiary alicyclic amines) is 1. The Kier molecular flexibility index (Phi) is 6.96. The van der Waals surface area contributed by atoms with Gasteiger partial charge in [0.15, 0.2) is 5.69 Å². The van der Waals surface area contributed by atoms with Gasteiger partial charge in [-0.15, -0.1) is 0 Å². The molecule has 3 aliphatic rings. The third-order valence-corrected chi connectivity index (χ3v) is 7.50. The van der Waals surface area contributed by atoms with E-state index in [1.54, 1.807) is 7.11 Å². The van der Waals surface area contributed by atoms with Gasteiger partial charge in [0.05, 0.1) is 25.4 Å². The molecule has 3 heterocycles. The number of ether oxygens (including phenoxy) is 2. The Balaban J connectivity index is 1.46. The predicted octanol–water partition coefficient (Wildman–Crippen LogP) is 2.79. The van der Waals surface area contributed by atoms with Crippen LogP contribution < -0.4 is 0 Å². The molecule has 0 bridgehead atoms. The van der Waals surface area contributed by atoms with Crippen LogP contribution in [0, 0.1) is 18.3 Å². The van der Waals surface area contributed by atoms with Crippen molar-refractivity contribution < 1.29 is 23.6 Å². The number of methoxy groups -OCH3 is 1. The maximum absolute atomic E-state index is 13.4. The number of nitrogens with zero attached hydrogens (tertiary/aromatic N) is 3.